The van der Waals surface area contributed by atoms with Crippen LogP contribution in [0.1, 0.15) is 34.5 Å². The van der Waals surface area contributed by atoms with Crippen molar-refractivity contribution in [3.63, 3.8) is 0 Å². The molecule has 1 N–H and O–H groups in total. The number of benzene rings is 1. The molecular weight excluding hydrogens is 281 g/mol. The third kappa shape index (κ3) is 2.99. The average Bonchev–Trinajstić information content (AvgIpc) is 2.73. The van der Waals surface area contributed by atoms with Gasteiger partial charge < -0.3 is 5.32 Å². The Balaban J connectivity index is 2.54. The van der Waals surface area contributed by atoms with Crippen LogP contribution in [-0.4, -0.2) is 6.54 Å². The van der Waals surface area contributed by atoms with E-state index in [0.29, 0.717) is 10.6 Å². The highest BCUT2D eigenvalue weighted by atomic mass is 35.5. The van der Waals surface area contributed by atoms with Crippen molar-refractivity contribution in [2.24, 2.45) is 0 Å². The molecule has 1 atom stereocenters. The number of thiophene rings is 1. The molecule has 0 aliphatic carbocycles. The predicted molar refractivity (Wildman–Crippen MR) is 80.7 cm³/mol. The maximum atomic E-state index is 14.3. The van der Waals surface area contributed by atoms with Gasteiger partial charge in [0.25, 0.3) is 0 Å². The Morgan fingerprint density at radius 2 is 2.11 bits per heavy atom. The number of nitrogens with one attached hydrogen (secondary N) is 1. The van der Waals surface area contributed by atoms with Crippen LogP contribution in [0.4, 0.5) is 4.39 Å². The van der Waals surface area contributed by atoms with E-state index < -0.39 is 0 Å². The maximum Gasteiger partial charge on any atom is 0.128 e. The van der Waals surface area contributed by atoms with Crippen LogP contribution in [0, 0.1) is 19.7 Å². The minimum Gasteiger partial charge on any atom is -0.306 e. The van der Waals surface area contributed by atoms with Crippen LogP contribution >= 0.6 is 22.9 Å². The van der Waals surface area contributed by atoms with Gasteiger partial charge in [0.2, 0.25) is 0 Å². The van der Waals surface area contributed by atoms with Crippen LogP contribution in [-0.2, 0) is 0 Å². The van der Waals surface area contributed by atoms with Gasteiger partial charge >= 0.3 is 0 Å². The van der Waals surface area contributed by atoms with Crippen LogP contribution in [0.25, 0.3) is 0 Å². The summed E-state index contributed by atoms with van der Waals surface area (Å²) in [6.45, 7) is 6.61. The normalized spacial score (nSPS) is 12.7. The van der Waals surface area contributed by atoms with E-state index in [4.69, 9.17) is 11.6 Å². The molecule has 1 heterocycles. The molecule has 0 radical (unpaired) electrons. The molecule has 0 saturated carbocycles. The highest BCUT2D eigenvalue weighted by Crippen LogP contribution is 2.35. The van der Waals surface area contributed by atoms with Gasteiger partial charge in [-0.15, -0.1) is 11.3 Å². The molecule has 2 rings (SSSR count). The van der Waals surface area contributed by atoms with Gasteiger partial charge in [0, 0.05) is 10.4 Å². The highest BCUT2D eigenvalue weighted by Gasteiger charge is 2.22. The van der Waals surface area contributed by atoms with E-state index in [-0.39, 0.29) is 11.9 Å². The Kier molecular flexibility index (Phi) is 4.61. The second kappa shape index (κ2) is 6.04. The molecule has 1 nitrogen and oxygen atoms in total. The number of aryl methyl sites for hydroxylation is 2. The Morgan fingerprint density at radius 3 is 2.63 bits per heavy atom. The Labute approximate surface area is 122 Å². The van der Waals surface area contributed by atoms with Crippen LogP contribution in [0.3, 0.4) is 0 Å². The molecule has 1 aromatic heterocycles. The Hall–Kier alpha value is -0.900. The summed E-state index contributed by atoms with van der Waals surface area (Å²) in [6, 6.07) is 5.25. The summed E-state index contributed by atoms with van der Waals surface area (Å²) in [5.41, 5.74) is 2.58. The molecule has 0 saturated heterocycles. The number of hydrogen-bond donors (Lipinski definition) is 1. The van der Waals surface area contributed by atoms with Gasteiger partial charge in [0.15, 0.2) is 0 Å². The zero-order valence-electron chi connectivity index (χ0n) is 11.3. The smallest absolute Gasteiger partial charge is 0.128 e. The summed E-state index contributed by atoms with van der Waals surface area (Å²) >= 11 is 7.76. The first-order valence-electron chi connectivity index (χ1n) is 6.27. The van der Waals surface area contributed by atoms with Gasteiger partial charge in [-0.3, -0.25) is 0 Å². The zero-order chi connectivity index (χ0) is 14.0. The van der Waals surface area contributed by atoms with Crippen molar-refractivity contribution in [2.45, 2.75) is 26.8 Å². The lowest BCUT2D eigenvalue weighted by molar-refractivity contribution is 0.559. The lowest BCUT2D eigenvalue weighted by Crippen LogP contribution is -2.23. The molecule has 0 aliphatic rings. The van der Waals surface area contributed by atoms with E-state index in [1.54, 1.807) is 17.4 Å². The zero-order valence-corrected chi connectivity index (χ0v) is 12.8. The van der Waals surface area contributed by atoms with Crippen molar-refractivity contribution < 1.29 is 4.39 Å². The van der Waals surface area contributed by atoms with E-state index in [2.05, 4.69) is 5.32 Å². The second-order valence-electron chi connectivity index (χ2n) is 4.60. The molecule has 2 aromatic rings. The lowest BCUT2D eigenvalue weighted by atomic mass is 9.97. The van der Waals surface area contributed by atoms with Crippen LogP contribution in [0.5, 0.6) is 0 Å². The molecule has 1 unspecified atom stereocenters. The van der Waals surface area contributed by atoms with Gasteiger partial charge in [-0.2, -0.15) is 0 Å². The average molecular weight is 298 g/mol. The van der Waals surface area contributed by atoms with Gasteiger partial charge in [-0.25, -0.2) is 4.39 Å². The lowest BCUT2D eigenvalue weighted by Gasteiger charge is -2.21. The van der Waals surface area contributed by atoms with E-state index in [9.17, 15) is 4.39 Å². The van der Waals surface area contributed by atoms with Crippen LogP contribution < -0.4 is 5.32 Å². The molecule has 0 spiro atoms. The van der Waals surface area contributed by atoms with Crippen LogP contribution in [0.15, 0.2) is 23.6 Å². The first kappa shape index (κ1) is 14.5. The van der Waals surface area contributed by atoms with Crippen molar-refractivity contribution in [2.75, 3.05) is 6.54 Å². The number of halogens is 2. The standard InChI is InChI=1S/C15H17ClFNS/c1-4-18-14(15-11(16)5-6-19-15)13-10(3)7-9(2)8-12(13)17/h5-8,14,18H,4H2,1-3H3. The van der Waals surface area contributed by atoms with Gasteiger partial charge in [-0.05, 0) is 49.0 Å². The summed E-state index contributed by atoms with van der Waals surface area (Å²) in [4.78, 5) is 0.967. The quantitative estimate of drug-likeness (QED) is 0.850. The first-order chi connectivity index (χ1) is 9.04. The topological polar surface area (TPSA) is 12.0 Å². The fourth-order valence-electron chi connectivity index (χ4n) is 2.33. The molecule has 19 heavy (non-hydrogen) atoms. The summed E-state index contributed by atoms with van der Waals surface area (Å²) in [6.07, 6.45) is 0. The fourth-order valence-corrected chi connectivity index (χ4v) is 3.58. The van der Waals surface area contributed by atoms with Crippen LogP contribution in [0.2, 0.25) is 5.02 Å². The fraction of sp³-hybridized carbons (Fsp3) is 0.333. The molecule has 102 valence electrons. The van der Waals surface area contributed by atoms with E-state index in [1.165, 1.54) is 0 Å². The molecular formula is C15H17ClFNS. The van der Waals surface area contributed by atoms with Gasteiger partial charge in [0.05, 0.1) is 11.1 Å². The largest absolute Gasteiger partial charge is 0.306 e. The third-order valence-electron chi connectivity index (χ3n) is 3.08. The van der Waals surface area contributed by atoms with Gasteiger partial charge in [0.1, 0.15) is 5.82 Å². The summed E-state index contributed by atoms with van der Waals surface area (Å²) in [7, 11) is 0. The monoisotopic (exact) mass is 297 g/mol. The van der Waals surface area contributed by atoms with E-state index >= 15 is 0 Å². The van der Waals surface area contributed by atoms with Crippen molar-refractivity contribution in [1.29, 1.82) is 0 Å². The van der Waals surface area contributed by atoms with Crippen molar-refractivity contribution in [1.82, 2.24) is 5.32 Å². The van der Waals surface area contributed by atoms with Crippen molar-refractivity contribution in [3.8, 4) is 0 Å². The molecule has 0 amide bonds. The van der Waals surface area contributed by atoms with Crippen molar-refractivity contribution >= 4 is 22.9 Å². The SMILES string of the molecule is CCNC(c1sccc1Cl)c1c(C)cc(C)cc1F. The first-order valence-corrected chi connectivity index (χ1v) is 7.53. The molecule has 0 fully saturated rings. The minimum atomic E-state index is -0.182. The third-order valence-corrected chi connectivity index (χ3v) is 4.51. The highest BCUT2D eigenvalue weighted by molar-refractivity contribution is 7.10. The number of rotatable bonds is 4. The van der Waals surface area contributed by atoms with Crippen molar-refractivity contribution in [3.05, 3.63) is 56.0 Å². The second-order valence-corrected chi connectivity index (χ2v) is 5.96. The number of hydrogen-bond acceptors (Lipinski definition) is 2. The van der Waals surface area contributed by atoms with E-state index in [1.807, 2.05) is 38.3 Å². The molecule has 0 aliphatic heterocycles. The molecule has 1 aromatic carbocycles. The molecule has 4 heteroatoms. The summed E-state index contributed by atoms with van der Waals surface area (Å²) in [5.74, 6) is -0.173. The molecule has 0 bridgehead atoms. The summed E-state index contributed by atoms with van der Waals surface area (Å²) < 4.78 is 14.3. The van der Waals surface area contributed by atoms with Gasteiger partial charge in [-0.1, -0.05) is 24.6 Å². The minimum absolute atomic E-state index is 0.173. The maximum absolute atomic E-state index is 14.3. The summed E-state index contributed by atoms with van der Waals surface area (Å²) in [5, 5.41) is 5.95. The Bertz CT molecular complexity index is 556. The predicted octanol–water partition coefficient (Wildman–Crippen LogP) is 4.86. The Morgan fingerprint density at radius 1 is 1.37 bits per heavy atom. The van der Waals surface area contributed by atoms with E-state index in [0.717, 1.165) is 22.5 Å².